The predicted molar refractivity (Wildman–Crippen MR) is 25.5 cm³/mol. The molecule has 1 aliphatic rings. The second-order valence-electron chi connectivity index (χ2n) is 1.23. The van der Waals surface area contributed by atoms with Crippen molar-refractivity contribution in [3.8, 4) is 0 Å². The second-order valence-corrected chi connectivity index (χ2v) is 1.94. The third-order valence-electron chi connectivity index (χ3n) is 0.717. The molecule has 1 aliphatic carbocycles. The third-order valence-corrected chi connectivity index (χ3v) is 1.13. The standard InChI is InChI=1S/C5H5.Fe.H2O/c1-2-4-5-3-1;;/h1-3H,4H2;;1H2. The molecule has 0 bridgehead atoms. The molecule has 0 fully saturated rings. The molecular formula is C5H7FeO. The summed E-state index contributed by atoms with van der Waals surface area (Å²) in [5.74, 6) is 0. The topological polar surface area (TPSA) is 31.5 Å². The molecule has 1 rings (SSSR count). The molecule has 0 aliphatic heterocycles. The number of allylic oxidation sites excluding steroid dienone is 4. The van der Waals surface area contributed by atoms with Crippen LogP contribution in [0.5, 0.6) is 0 Å². The molecule has 0 spiro atoms. The van der Waals surface area contributed by atoms with Gasteiger partial charge in [-0.2, -0.15) is 0 Å². The van der Waals surface area contributed by atoms with Gasteiger partial charge in [0.05, 0.1) is 0 Å². The van der Waals surface area contributed by atoms with Crippen molar-refractivity contribution in [2.75, 3.05) is 0 Å². The first kappa shape index (κ1) is 6.96. The SMILES string of the molecule is O.[Fe][C]1=CC=CC1. The van der Waals surface area contributed by atoms with E-state index in [2.05, 4.69) is 22.1 Å². The molecule has 0 heterocycles. The molecule has 41 valence electrons. The monoisotopic (exact) mass is 139 g/mol. The van der Waals surface area contributed by atoms with E-state index in [-0.39, 0.29) is 5.48 Å². The Kier molecular flexibility index (Phi) is 3.01. The maximum absolute atomic E-state index is 3.74. The fourth-order valence-electron chi connectivity index (χ4n) is 0.416. The Morgan fingerprint density at radius 1 is 1.57 bits per heavy atom. The molecule has 0 radical (unpaired) electrons. The van der Waals surface area contributed by atoms with E-state index in [1.54, 1.807) is 0 Å². The summed E-state index contributed by atoms with van der Waals surface area (Å²) in [4.78, 5) is 0. The van der Waals surface area contributed by atoms with Crippen molar-refractivity contribution in [1.82, 2.24) is 0 Å². The van der Waals surface area contributed by atoms with Crippen molar-refractivity contribution in [2.45, 2.75) is 6.42 Å². The molecule has 0 aromatic rings. The fraction of sp³-hybridized carbons (Fsp3) is 0.200. The summed E-state index contributed by atoms with van der Waals surface area (Å²) in [7, 11) is 0. The van der Waals surface area contributed by atoms with E-state index in [0.717, 1.165) is 6.42 Å². The summed E-state index contributed by atoms with van der Waals surface area (Å²) >= 11 is 3.74. The zero-order chi connectivity index (χ0) is 4.41. The summed E-state index contributed by atoms with van der Waals surface area (Å²) < 4.78 is 1.22. The van der Waals surface area contributed by atoms with Crippen LogP contribution in [0.1, 0.15) is 6.42 Å². The van der Waals surface area contributed by atoms with Gasteiger partial charge in [0.25, 0.3) is 0 Å². The molecule has 7 heavy (non-hydrogen) atoms. The van der Waals surface area contributed by atoms with Crippen LogP contribution in [0.15, 0.2) is 22.7 Å². The average molecular weight is 139 g/mol. The van der Waals surface area contributed by atoms with E-state index < -0.39 is 0 Å². The number of hydrogen-bond donors (Lipinski definition) is 0. The third kappa shape index (κ3) is 1.93. The van der Waals surface area contributed by atoms with Crippen LogP contribution in [-0.2, 0) is 16.0 Å². The van der Waals surface area contributed by atoms with Crippen LogP contribution in [0.3, 0.4) is 0 Å². The van der Waals surface area contributed by atoms with Crippen molar-refractivity contribution < 1.29 is 21.5 Å². The molecule has 2 N–H and O–H groups in total. The zero-order valence-corrected chi connectivity index (χ0v) is 4.90. The van der Waals surface area contributed by atoms with Crippen molar-refractivity contribution in [2.24, 2.45) is 0 Å². The maximum atomic E-state index is 3.74. The van der Waals surface area contributed by atoms with Gasteiger partial charge in [-0.25, -0.2) is 0 Å². The van der Waals surface area contributed by atoms with Crippen LogP contribution >= 0.6 is 0 Å². The Morgan fingerprint density at radius 3 is 2.43 bits per heavy atom. The summed E-state index contributed by atoms with van der Waals surface area (Å²) in [6.07, 6.45) is 7.21. The first-order chi connectivity index (χ1) is 2.89. The number of hydrogen-bond acceptors (Lipinski definition) is 0. The van der Waals surface area contributed by atoms with Gasteiger partial charge < -0.3 is 5.48 Å². The molecule has 0 aromatic carbocycles. The normalized spacial score (nSPS) is 15.9. The van der Waals surface area contributed by atoms with Gasteiger partial charge in [-0.3, -0.25) is 0 Å². The molecule has 2 heteroatoms. The van der Waals surface area contributed by atoms with Crippen molar-refractivity contribution in [3.63, 3.8) is 0 Å². The molecule has 1 nitrogen and oxygen atoms in total. The van der Waals surface area contributed by atoms with Crippen molar-refractivity contribution in [3.05, 3.63) is 22.7 Å². The van der Waals surface area contributed by atoms with Gasteiger partial charge in [-0.15, -0.1) is 0 Å². The summed E-state index contributed by atoms with van der Waals surface area (Å²) in [5.41, 5.74) is 0. The van der Waals surface area contributed by atoms with Crippen LogP contribution < -0.4 is 0 Å². The average Bonchev–Trinajstić information content (AvgIpc) is 1.86. The molecule has 0 aromatic heterocycles. The van der Waals surface area contributed by atoms with Gasteiger partial charge in [0.2, 0.25) is 0 Å². The van der Waals surface area contributed by atoms with Gasteiger partial charge in [-0.05, 0) is 0 Å². The van der Waals surface area contributed by atoms with Crippen LogP contribution in [-0.4, -0.2) is 5.48 Å². The molecule has 0 unspecified atom stereocenters. The molecule has 0 saturated heterocycles. The predicted octanol–water partition coefficient (Wildman–Crippen LogP) is 0.552. The Bertz CT molecular complexity index is 105. The molecular weight excluding hydrogens is 132 g/mol. The Labute approximate surface area is 51.2 Å². The molecule has 0 atom stereocenters. The van der Waals surface area contributed by atoms with Crippen LogP contribution in [0, 0.1) is 0 Å². The first-order valence-corrected chi connectivity index (χ1v) is 2.45. The molecule has 0 amide bonds. The molecule has 0 saturated carbocycles. The Morgan fingerprint density at radius 2 is 2.29 bits per heavy atom. The number of rotatable bonds is 0. The summed E-state index contributed by atoms with van der Waals surface area (Å²) in [5, 5.41) is 0. The second kappa shape index (κ2) is 3.03. The van der Waals surface area contributed by atoms with Gasteiger partial charge in [0, 0.05) is 0 Å². The quantitative estimate of drug-likeness (QED) is 0.439. The fourth-order valence-corrected chi connectivity index (χ4v) is 0.652. The summed E-state index contributed by atoms with van der Waals surface area (Å²) in [6.45, 7) is 0. The van der Waals surface area contributed by atoms with Crippen LogP contribution in [0.25, 0.3) is 0 Å². The van der Waals surface area contributed by atoms with E-state index in [0.29, 0.717) is 0 Å². The van der Waals surface area contributed by atoms with Crippen molar-refractivity contribution in [1.29, 1.82) is 0 Å². The van der Waals surface area contributed by atoms with E-state index in [1.807, 2.05) is 12.2 Å². The van der Waals surface area contributed by atoms with Gasteiger partial charge in [0.15, 0.2) is 0 Å². The van der Waals surface area contributed by atoms with Crippen LogP contribution in [0.4, 0.5) is 0 Å². The van der Waals surface area contributed by atoms with E-state index >= 15 is 0 Å². The van der Waals surface area contributed by atoms with Gasteiger partial charge in [0.1, 0.15) is 0 Å². The van der Waals surface area contributed by atoms with E-state index in [1.165, 1.54) is 4.47 Å². The first-order valence-electron chi connectivity index (χ1n) is 1.89. The minimum atomic E-state index is 0. The Hall–Kier alpha value is -0.0405. The summed E-state index contributed by atoms with van der Waals surface area (Å²) in [6, 6.07) is 0. The minimum absolute atomic E-state index is 0. The van der Waals surface area contributed by atoms with Crippen molar-refractivity contribution >= 4 is 0 Å². The zero-order valence-electron chi connectivity index (χ0n) is 3.79. The van der Waals surface area contributed by atoms with E-state index in [4.69, 9.17) is 0 Å². The van der Waals surface area contributed by atoms with Gasteiger partial charge in [-0.1, -0.05) is 0 Å². The Balaban J connectivity index is 0.000000360. The van der Waals surface area contributed by atoms with Crippen LogP contribution in [0.2, 0.25) is 0 Å². The van der Waals surface area contributed by atoms with Gasteiger partial charge >= 0.3 is 45.1 Å². The van der Waals surface area contributed by atoms with E-state index in [9.17, 15) is 0 Å².